The number of carbonyl (C=O) groups is 1. The summed E-state index contributed by atoms with van der Waals surface area (Å²) in [4.78, 5) is 10.7. The number of hydrogen-bond acceptors (Lipinski definition) is 2. The summed E-state index contributed by atoms with van der Waals surface area (Å²) in [6, 6.07) is 3.69. The number of allylic oxidation sites excluding steroid dienone is 1. The molecular weight excluding hydrogens is 237 g/mol. The number of carboxylic acids is 1. The fourth-order valence-electron chi connectivity index (χ4n) is 1.18. The Labute approximate surface area is 95.1 Å². The van der Waals surface area contributed by atoms with Crippen LogP contribution in [0.25, 0.3) is 6.08 Å². The minimum Gasteiger partial charge on any atom is -0.496 e. The predicted octanol–water partition coefficient (Wildman–Crippen LogP) is 2.97. The second-order valence-electron chi connectivity index (χ2n) is 3.14. The molecule has 92 valence electrons. The van der Waals surface area contributed by atoms with Gasteiger partial charge in [-0.15, -0.1) is 0 Å². The molecule has 6 heteroatoms. The second-order valence-corrected chi connectivity index (χ2v) is 3.14. The smallest absolute Gasteiger partial charge is 0.409 e. The van der Waals surface area contributed by atoms with Crippen molar-refractivity contribution in [1.29, 1.82) is 0 Å². The summed E-state index contributed by atoms with van der Waals surface area (Å²) in [5.74, 6) is -1.19. The molecule has 0 bridgehead atoms. The number of halogens is 3. The Morgan fingerprint density at radius 1 is 1.41 bits per heavy atom. The zero-order valence-corrected chi connectivity index (χ0v) is 8.78. The van der Waals surface area contributed by atoms with Crippen LogP contribution < -0.4 is 4.74 Å². The first-order valence-electron chi connectivity index (χ1n) is 4.51. The molecule has 0 saturated carbocycles. The Kier molecular flexibility index (Phi) is 3.77. The number of alkyl halides is 3. The van der Waals surface area contributed by atoms with Gasteiger partial charge in [0, 0.05) is 6.08 Å². The summed E-state index contributed by atoms with van der Waals surface area (Å²) in [7, 11) is 1.25. The number of aromatic carboxylic acids is 1. The van der Waals surface area contributed by atoms with Gasteiger partial charge in [0.05, 0.1) is 7.11 Å². The van der Waals surface area contributed by atoms with Gasteiger partial charge in [0.25, 0.3) is 0 Å². The van der Waals surface area contributed by atoms with Gasteiger partial charge < -0.3 is 9.84 Å². The Bertz CT molecular complexity index is 450. The van der Waals surface area contributed by atoms with Gasteiger partial charge in [-0.05, 0) is 23.8 Å². The highest BCUT2D eigenvalue weighted by Gasteiger charge is 2.21. The molecule has 3 nitrogen and oxygen atoms in total. The number of benzene rings is 1. The van der Waals surface area contributed by atoms with Crippen LogP contribution in [0.2, 0.25) is 0 Å². The van der Waals surface area contributed by atoms with Crippen LogP contribution in [0.15, 0.2) is 24.3 Å². The van der Waals surface area contributed by atoms with Gasteiger partial charge in [-0.3, -0.25) is 0 Å². The van der Waals surface area contributed by atoms with E-state index in [-0.39, 0.29) is 23.0 Å². The largest absolute Gasteiger partial charge is 0.496 e. The third-order valence-electron chi connectivity index (χ3n) is 1.92. The average molecular weight is 246 g/mol. The predicted molar refractivity (Wildman–Crippen MR) is 55.0 cm³/mol. The van der Waals surface area contributed by atoms with Crippen molar-refractivity contribution >= 4 is 12.0 Å². The van der Waals surface area contributed by atoms with Crippen LogP contribution in [-0.4, -0.2) is 24.4 Å². The minimum atomic E-state index is -4.40. The molecule has 0 amide bonds. The monoisotopic (exact) mass is 246 g/mol. The minimum absolute atomic E-state index is 0.0156. The van der Waals surface area contributed by atoms with E-state index in [0.717, 1.165) is 6.08 Å². The van der Waals surface area contributed by atoms with Crippen molar-refractivity contribution in [2.24, 2.45) is 0 Å². The summed E-state index contributed by atoms with van der Waals surface area (Å²) < 4.78 is 40.5. The maximum atomic E-state index is 11.9. The molecule has 1 N–H and O–H groups in total. The SMILES string of the molecule is COc1cc(C=CC(F)(F)F)ccc1C(=O)O. The van der Waals surface area contributed by atoms with E-state index in [4.69, 9.17) is 9.84 Å². The Balaban J connectivity index is 3.06. The van der Waals surface area contributed by atoms with Crippen LogP contribution in [0.5, 0.6) is 5.75 Å². The van der Waals surface area contributed by atoms with Crippen LogP contribution in [0.4, 0.5) is 13.2 Å². The number of rotatable bonds is 3. The zero-order chi connectivity index (χ0) is 13.1. The second kappa shape index (κ2) is 4.90. The topological polar surface area (TPSA) is 46.5 Å². The van der Waals surface area contributed by atoms with Crippen LogP contribution in [-0.2, 0) is 0 Å². The number of methoxy groups -OCH3 is 1. The molecule has 0 fully saturated rings. The highest BCUT2D eigenvalue weighted by Crippen LogP contribution is 2.23. The van der Waals surface area contributed by atoms with Gasteiger partial charge in [0.15, 0.2) is 0 Å². The van der Waals surface area contributed by atoms with Crippen LogP contribution >= 0.6 is 0 Å². The molecule has 17 heavy (non-hydrogen) atoms. The molecule has 0 atom stereocenters. The molecule has 0 aliphatic heterocycles. The quantitative estimate of drug-likeness (QED) is 0.891. The lowest BCUT2D eigenvalue weighted by atomic mass is 10.1. The van der Waals surface area contributed by atoms with Crippen molar-refractivity contribution in [3.05, 3.63) is 35.4 Å². The van der Waals surface area contributed by atoms with Crippen LogP contribution in [0.3, 0.4) is 0 Å². The fourth-order valence-corrected chi connectivity index (χ4v) is 1.18. The molecular formula is C11H9F3O3. The number of carboxylic acid groups (broad SMARTS) is 1. The van der Waals surface area contributed by atoms with Crippen molar-refractivity contribution in [1.82, 2.24) is 0 Å². The van der Waals surface area contributed by atoms with Crippen molar-refractivity contribution in [2.45, 2.75) is 6.18 Å². The highest BCUT2D eigenvalue weighted by atomic mass is 19.4. The summed E-state index contributed by atoms with van der Waals surface area (Å²) in [5.41, 5.74) is 0.112. The van der Waals surface area contributed by atoms with Crippen LogP contribution in [0.1, 0.15) is 15.9 Å². The molecule has 0 heterocycles. The molecule has 1 aromatic rings. The number of ether oxygens (including phenoxy) is 1. The van der Waals surface area contributed by atoms with Crippen molar-refractivity contribution in [2.75, 3.05) is 7.11 Å². The van der Waals surface area contributed by atoms with Gasteiger partial charge >= 0.3 is 12.1 Å². The maximum absolute atomic E-state index is 11.9. The van der Waals surface area contributed by atoms with Gasteiger partial charge in [0.2, 0.25) is 0 Å². The van der Waals surface area contributed by atoms with Gasteiger partial charge in [0.1, 0.15) is 11.3 Å². The lowest BCUT2D eigenvalue weighted by Gasteiger charge is -2.05. The molecule has 0 spiro atoms. The fraction of sp³-hybridized carbons (Fsp3) is 0.182. The Morgan fingerprint density at radius 2 is 2.06 bits per heavy atom. The standard InChI is InChI=1S/C11H9F3O3/c1-17-9-6-7(4-5-11(12,13)14)2-3-8(9)10(15)16/h2-6H,1H3,(H,15,16). The third kappa shape index (κ3) is 3.82. The third-order valence-corrected chi connectivity index (χ3v) is 1.92. The molecule has 0 aliphatic rings. The van der Waals surface area contributed by atoms with E-state index in [1.54, 1.807) is 0 Å². The average Bonchev–Trinajstić information content (AvgIpc) is 2.24. The van der Waals surface area contributed by atoms with Crippen molar-refractivity contribution in [3.63, 3.8) is 0 Å². The van der Waals surface area contributed by atoms with E-state index < -0.39 is 12.1 Å². The zero-order valence-electron chi connectivity index (χ0n) is 8.78. The number of hydrogen-bond donors (Lipinski definition) is 1. The Hall–Kier alpha value is -1.98. The molecule has 0 radical (unpaired) electrons. The van der Waals surface area contributed by atoms with Gasteiger partial charge in [-0.25, -0.2) is 4.79 Å². The van der Waals surface area contributed by atoms with Crippen molar-refractivity contribution < 1.29 is 27.8 Å². The summed E-state index contributed by atoms with van der Waals surface area (Å²) >= 11 is 0. The first-order chi connectivity index (χ1) is 7.83. The van der Waals surface area contributed by atoms with E-state index >= 15 is 0 Å². The lowest BCUT2D eigenvalue weighted by molar-refractivity contribution is -0.0790. The molecule has 1 rings (SSSR count). The van der Waals surface area contributed by atoms with E-state index in [9.17, 15) is 18.0 Å². The summed E-state index contributed by atoms with van der Waals surface area (Å²) in [5, 5.41) is 8.77. The van der Waals surface area contributed by atoms with Crippen LogP contribution in [0, 0.1) is 0 Å². The summed E-state index contributed by atoms with van der Waals surface area (Å²) in [6.07, 6.45) is -3.49. The first kappa shape index (κ1) is 13.1. The Morgan fingerprint density at radius 3 is 2.53 bits per heavy atom. The lowest BCUT2D eigenvalue weighted by Crippen LogP contribution is -2.01. The molecule has 0 saturated heterocycles. The first-order valence-corrected chi connectivity index (χ1v) is 4.51. The van der Waals surface area contributed by atoms with E-state index in [0.29, 0.717) is 0 Å². The van der Waals surface area contributed by atoms with Gasteiger partial charge in [-0.2, -0.15) is 13.2 Å². The van der Waals surface area contributed by atoms with Gasteiger partial charge in [-0.1, -0.05) is 6.07 Å². The molecule has 0 aromatic heterocycles. The molecule has 1 aromatic carbocycles. The van der Waals surface area contributed by atoms with E-state index in [1.807, 2.05) is 0 Å². The summed E-state index contributed by atoms with van der Waals surface area (Å²) in [6.45, 7) is 0. The maximum Gasteiger partial charge on any atom is 0.409 e. The van der Waals surface area contributed by atoms with E-state index in [2.05, 4.69) is 0 Å². The van der Waals surface area contributed by atoms with Crippen molar-refractivity contribution in [3.8, 4) is 5.75 Å². The normalized spacial score (nSPS) is 11.8. The highest BCUT2D eigenvalue weighted by molar-refractivity contribution is 5.91. The molecule has 0 unspecified atom stereocenters. The molecule has 0 aliphatic carbocycles. The van der Waals surface area contributed by atoms with E-state index in [1.165, 1.54) is 25.3 Å².